The Bertz CT molecular complexity index is 414. The molecule has 1 fully saturated rings. The molecule has 1 heterocycles. The molecule has 1 aliphatic rings. The van der Waals surface area contributed by atoms with Crippen molar-refractivity contribution in [3.63, 3.8) is 0 Å². The summed E-state index contributed by atoms with van der Waals surface area (Å²) in [6.07, 6.45) is 2.80. The predicted molar refractivity (Wildman–Crippen MR) is 73.8 cm³/mol. The molecule has 1 aliphatic heterocycles. The highest BCUT2D eigenvalue weighted by Gasteiger charge is 2.14. The highest BCUT2D eigenvalue weighted by Crippen LogP contribution is 2.14. The number of hydrogen-bond donors (Lipinski definition) is 1. The van der Waals surface area contributed by atoms with Gasteiger partial charge in [0.2, 0.25) is 0 Å². The second-order valence-electron chi connectivity index (χ2n) is 4.73. The molecular weight excluding hydrogens is 242 g/mol. The third-order valence-electron chi connectivity index (χ3n) is 3.36. The van der Waals surface area contributed by atoms with Crippen LogP contribution in [0.5, 0.6) is 5.75 Å². The number of nitrogens with one attached hydrogen (secondary N) is 1. The van der Waals surface area contributed by atoms with Crippen molar-refractivity contribution in [3.8, 4) is 5.75 Å². The van der Waals surface area contributed by atoms with E-state index in [1.54, 1.807) is 13.2 Å². The number of ether oxygens (including phenoxy) is 2. The van der Waals surface area contributed by atoms with Crippen molar-refractivity contribution in [2.24, 2.45) is 0 Å². The van der Waals surface area contributed by atoms with Crippen LogP contribution in [0.1, 0.15) is 29.6 Å². The number of carbonyl (C=O) groups is 1. The maximum absolute atomic E-state index is 12.0. The quantitative estimate of drug-likeness (QED) is 0.798. The Hall–Kier alpha value is -1.39. The van der Waals surface area contributed by atoms with E-state index in [-0.39, 0.29) is 5.78 Å². The monoisotopic (exact) mass is 263 g/mol. The Morgan fingerprint density at radius 2 is 2.16 bits per heavy atom. The molecule has 0 spiro atoms. The van der Waals surface area contributed by atoms with Crippen LogP contribution in [-0.4, -0.2) is 38.7 Å². The summed E-state index contributed by atoms with van der Waals surface area (Å²) in [6, 6.07) is 7.25. The van der Waals surface area contributed by atoms with Crippen molar-refractivity contribution in [2.45, 2.75) is 25.4 Å². The topological polar surface area (TPSA) is 47.6 Å². The average Bonchev–Trinajstić information content (AvgIpc) is 2.48. The maximum atomic E-state index is 12.0. The Kier molecular flexibility index (Phi) is 5.36. The van der Waals surface area contributed by atoms with E-state index in [4.69, 9.17) is 9.47 Å². The molecule has 4 nitrogen and oxygen atoms in total. The molecular formula is C15H21NO3. The number of hydrogen-bond acceptors (Lipinski definition) is 4. The van der Waals surface area contributed by atoms with Crippen LogP contribution in [0.25, 0.3) is 0 Å². The first-order valence-corrected chi connectivity index (χ1v) is 6.79. The average molecular weight is 263 g/mol. The molecule has 1 N–H and O–H groups in total. The van der Waals surface area contributed by atoms with Crippen LogP contribution in [0.3, 0.4) is 0 Å². The van der Waals surface area contributed by atoms with Crippen LogP contribution in [0.15, 0.2) is 24.3 Å². The van der Waals surface area contributed by atoms with Gasteiger partial charge in [0.25, 0.3) is 0 Å². The van der Waals surface area contributed by atoms with Gasteiger partial charge in [0.05, 0.1) is 19.8 Å². The second-order valence-corrected chi connectivity index (χ2v) is 4.73. The molecule has 0 aliphatic carbocycles. The van der Waals surface area contributed by atoms with E-state index in [1.165, 1.54) is 0 Å². The van der Waals surface area contributed by atoms with E-state index in [0.717, 1.165) is 25.9 Å². The van der Waals surface area contributed by atoms with Gasteiger partial charge in [0, 0.05) is 12.0 Å². The second kappa shape index (κ2) is 7.26. The van der Waals surface area contributed by atoms with Crippen molar-refractivity contribution in [2.75, 3.05) is 26.8 Å². The molecule has 0 radical (unpaired) electrons. The Morgan fingerprint density at radius 1 is 1.37 bits per heavy atom. The molecule has 4 heteroatoms. The smallest absolute Gasteiger partial charge is 0.165 e. The van der Waals surface area contributed by atoms with Gasteiger partial charge in [-0.05, 0) is 38.1 Å². The molecule has 104 valence electrons. The Balaban J connectivity index is 1.77. The molecule has 1 saturated heterocycles. The van der Waals surface area contributed by atoms with E-state index in [9.17, 15) is 4.79 Å². The van der Waals surface area contributed by atoms with Gasteiger partial charge in [-0.2, -0.15) is 0 Å². The summed E-state index contributed by atoms with van der Waals surface area (Å²) in [5.74, 6) is 0.818. The molecule has 19 heavy (non-hydrogen) atoms. The molecule has 0 atom stereocenters. The van der Waals surface area contributed by atoms with Gasteiger partial charge >= 0.3 is 0 Å². The standard InChI is InChI=1S/C15H21NO3/c1-18-14-4-2-3-12(11-14)15(17)7-10-19-13-5-8-16-9-6-13/h2-4,11,13,16H,5-10H2,1H3. The van der Waals surface area contributed by atoms with Crippen LogP contribution < -0.4 is 10.1 Å². The molecule has 0 unspecified atom stereocenters. The summed E-state index contributed by atoms with van der Waals surface area (Å²) >= 11 is 0. The van der Waals surface area contributed by atoms with Crippen LogP contribution in [-0.2, 0) is 4.74 Å². The first-order valence-electron chi connectivity index (χ1n) is 6.79. The molecule has 0 aromatic heterocycles. The minimum Gasteiger partial charge on any atom is -0.497 e. The zero-order valence-corrected chi connectivity index (χ0v) is 11.4. The van der Waals surface area contributed by atoms with Gasteiger partial charge in [0.15, 0.2) is 5.78 Å². The number of carbonyl (C=O) groups excluding carboxylic acids is 1. The first kappa shape index (κ1) is 14.0. The number of rotatable bonds is 6. The fraction of sp³-hybridized carbons (Fsp3) is 0.533. The number of Topliss-reactive ketones (excluding diaryl/α,β-unsaturated/α-hetero) is 1. The lowest BCUT2D eigenvalue weighted by Crippen LogP contribution is -2.32. The largest absolute Gasteiger partial charge is 0.497 e. The van der Waals surface area contributed by atoms with Crippen molar-refractivity contribution in [1.29, 1.82) is 0 Å². The molecule has 2 rings (SSSR count). The van der Waals surface area contributed by atoms with Gasteiger partial charge in [-0.15, -0.1) is 0 Å². The summed E-state index contributed by atoms with van der Waals surface area (Å²) in [5.41, 5.74) is 0.688. The van der Waals surface area contributed by atoms with Crippen LogP contribution in [0.4, 0.5) is 0 Å². The van der Waals surface area contributed by atoms with Crippen molar-refractivity contribution < 1.29 is 14.3 Å². The fourth-order valence-corrected chi connectivity index (χ4v) is 2.22. The minimum absolute atomic E-state index is 0.104. The van der Waals surface area contributed by atoms with Gasteiger partial charge in [0.1, 0.15) is 5.75 Å². The lowest BCUT2D eigenvalue weighted by Gasteiger charge is -2.22. The zero-order chi connectivity index (χ0) is 13.5. The van der Waals surface area contributed by atoms with E-state index < -0.39 is 0 Å². The number of piperidine rings is 1. The van der Waals surface area contributed by atoms with Gasteiger partial charge in [-0.3, -0.25) is 4.79 Å². The lowest BCUT2D eigenvalue weighted by molar-refractivity contribution is 0.0313. The van der Waals surface area contributed by atoms with Gasteiger partial charge < -0.3 is 14.8 Å². The Morgan fingerprint density at radius 3 is 2.89 bits per heavy atom. The van der Waals surface area contributed by atoms with E-state index in [1.807, 2.05) is 18.2 Å². The number of benzene rings is 1. The third kappa shape index (κ3) is 4.33. The Labute approximate surface area is 114 Å². The summed E-state index contributed by atoms with van der Waals surface area (Å²) in [6.45, 7) is 2.52. The normalized spacial score (nSPS) is 16.3. The fourth-order valence-electron chi connectivity index (χ4n) is 2.22. The van der Waals surface area contributed by atoms with E-state index in [2.05, 4.69) is 5.32 Å². The zero-order valence-electron chi connectivity index (χ0n) is 11.4. The van der Waals surface area contributed by atoms with Crippen molar-refractivity contribution in [3.05, 3.63) is 29.8 Å². The van der Waals surface area contributed by atoms with E-state index in [0.29, 0.717) is 30.4 Å². The summed E-state index contributed by atoms with van der Waals surface area (Å²) in [4.78, 5) is 12.0. The third-order valence-corrected chi connectivity index (χ3v) is 3.36. The highest BCUT2D eigenvalue weighted by molar-refractivity contribution is 5.96. The predicted octanol–water partition coefficient (Wildman–Crippen LogP) is 2.04. The molecule has 0 bridgehead atoms. The van der Waals surface area contributed by atoms with E-state index >= 15 is 0 Å². The van der Waals surface area contributed by atoms with Crippen molar-refractivity contribution >= 4 is 5.78 Å². The first-order chi connectivity index (χ1) is 9.29. The van der Waals surface area contributed by atoms with Crippen LogP contribution >= 0.6 is 0 Å². The number of methoxy groups -OCH3 is 1. The summed E-state index contributed by atoms with van der Waals surface area (Å²) < 4.78 is 10.9. The number of ketones is 1. The van der Waals surface area contributed by atoms with Gasteiger partial charge in [-0.1, -0.05) is 12.1 Å². The molecule has 0 saturated carbocycles. The summed E-state index contributed by atoms with van der Waals surface area (Å²) in [7, 11) is 1.60. The molecule has 1 aromatic rings. The molecule has 1 aromatic carbocycles. The lowest BCUT2D eigenvalue weighted by atomic mass is 10.1. The van der Waals surface area contributed by atoms with Crippen LogP contribution in [0, 0.1) is 0 Å². The minimum atomic E-state index is 0.104. The maximum Gasteiger partial charge on any atom is 0.165 e. The van der Waals surface area contributed by atoms with Crippen LogP contribution in [0.2, 0.25) is 0 Å². The SMILES string of the molecule is COc1cccc(C(=O)CCOC2CCNCC2)c1. The van der Waals surface area contributed by atoms with Gasteiger partial charge in [-0.25, -0.2) is 0 Å². The highest BCUT2D eigenvalue weighted by atomic mass is 16.5. The molecule has 0 amide bonds. The summed E-state index contributed by atoms with van der Waals surface area (Å²) in [5, 5.41) is 3.29. The van der Waals surface area contributed by atoms with Crippen molar-refractivity contribution in [1.82, 2.24) is 5.32 Å².